The minimum Gasteiger partial charge on any atom is -0.0648 e. The van der Waals surface area contributed by atoms with Crippen LogP contribution in [0.4, 0.5) is 0 Å². The maximum atomic E-state index is 2.38. The van der Waals surface area contributed by atoms with Gasteiger partial charge in [-0.25, -0.2) is 0 Å². The molecule has 0 fully saturated rings. The average Bonchev–Trinajstić information content (AvgIpc) is 2.53. The summed E-state index contributed by atoms with van der Waals surface area (Å²) >= 11 is 0. The number of hydrogen-bond acceptors (Lipinski definition) is 0. The minimum absolute atomic E-state index is 0.753. The van der Waals surface area contributed by atoms with E-state index in [1.54, 1.807) is 11.1 Å². The molecule has 1 unspecified atom stereocenters. The van der Waals surface area contributed by atoms with E-state index in [0.29, 0.717) is 0 Å². The van der Waals surface area contributed by atoms with Crippen molar-refractivity contribution in [2.45, 2.75) is 38.5 Å². The van der Waals surface area contributed by atoms with E-state index in [4.69, 9.17) is 0 Å². The molecule has 0 radical (unpaired) electrons. The van der Waals surface area contributed by atoms with Crippen LogP contribution < -0.4 is 0 Å². The smallest absolute Gasteiger partial charge is 0.0102 e. The number of rotatable bonds is 1. The maximum Gasteiger partial charge on any atom is -0.0102 e. The Morgan fingerprint density at radius 3 is 2.65 bits per heavy atom. The molecule has 1 atom stereocenters. The molecule has 4 rings (SSSR count). The summed E-state index contributed by atoms with van der Waals surface area (Å²) in [6.07, 6.45) is 5.23. The highest BCUT2D eigenvalue weighted by Crippen LogP contribution is 2.40. The van der Waals surface area contributed by atoms with Crippen molar-refractivity contribution in [1.29, 1.82) is 0 Å². The highest BCUT2D eigenvalue weighted by Gasteiger charge is 2.21. The molecular formula is C20H20. The van der Waals surface area contributed by atoms with E-state index < -0.39 is 0 Å². The first kappa shape index (κ1) is 12.0. The minimum atomic E-state index is 0.753. The third-order valence-corrected chi connectivity index (χ3v) is 4.96. The molecule has 0 amide bonds. The summed E-state index contributed by atoms with van der Waals surface area (Å²) in [6, 6.07) is 18.1. The van der Waals surface area contributed by atoms with Crippen molar-refractivity contribution < 1.29 is 0 Å². The molecule has 0 N–H and O–H groups in total. The molecule has 1 aliphatic carbocycles. The van der Waals surface area contributed by atoms with Crippen molar-refractivity contribution in [3.63, 3.8) is 0 Å². The molecule has 0 aromatic heterocycles. The maximum absolute atomic E-state index is 2.38. The lowest BCUT2D eigenvalue weighted by molar-refractivity contribution is 0.544. The molecule has 0 aliphatic heterocycles. The fraction of sp³-hybridized carbons (Fsp3) is 0.300. The van der Waals surface area contributed by atoms with Crippen LogP contribution in [0, 0.1) is 0 Å². The summed E-state index contributed by atoms with van der Waals surface area (Å²) in [5, 5.41) is 5.67. The lowest BCUT2D eigenvalue weighted by Gasteiger charge is -2.26. The Morgan fingerprint density at radius 2 is 1.75 bits per heavy atom. The topological polar surface area (TPSA) is 0 Å². The van der Waals surface area contributed by atoms with E-state index in [-0.39, 0.29) is 0 Å². The van der Waals surface area contributed by atoms with Gasteiger partial charge in [0.2, 0.25) is 0 Å². The van der Waals surface area contributed by atoms with Crippen molar-refractivity contribution in [3.05, 3.63) is 59.7 Å². The van der Waals surface area contributed by atoms with E-state index in [1.807, 2.05) is 0 Å². The lowest BCUT2D eigenvalue weighted by Crippen LogP contribution is -2.09. The van der Waals surface area contributed by atoms with Gasteiger partial charge in [0.1, 0.15) is 0 Å². The Morgan fingerprint density at radius 1 is 0.900 bits per heavy atom. The van der Waals surface area contributed by atoms with E-state index in [9.17, 15) is 0 Å². The molecular weight excluding hydrogens is 240 g/mol. The van der Waals surface area contributed by atoms with Crippen molar-refractivity contribution in [1.82, 2.24) is 0 Å². The summed E-state index contributed by atoms with van der Waals surface area (Å²) in [5.74, 6) is 0.753. The van der Waals surface area contributed by atoms with Gasteiger partial charge in [0.15, 0.2) is 0 Å². The van der Waals surface area contributed by atoms with Crippen molar-refractivity contribution in [2.75, 3.05) is 0 Å². The average molecular weight is 260 g/mol. The zero-order valence-corrected chi connectivity index (χ0v) is 12.0. The molecule has 0 spiro atoms. The monoisotopic (exact) mass is 260 g/mol. The molecule has 0 saturated carbocycles. The standard InChI is InChI=1S/C20H20/c1-2-14-7-5-8-16-11-12-18-17-9-4-3-6-15(17)10-13-19(18)20(14)16/h3-4,6,9-14H,2,5,7-8H2,1H3. The van der Waals surface area contributed by atoms with Gasteiger partial charge < -0.3 is 0 Å². The van der Waals surface area contributed by atoms with Gasteiger partial charge >= 0.3 is 0 Å². The van der Waals surface area contributed by atoms with Crippen molar-refractivity contribution in [3.8, 4) is 0 Å². The highest BCUT2D eigenvalue weighted by molar-refractivity contribution is 6.08. The quantitative estimate of drug-likeness (QED) is 0.483. The van der Waals surface area contributed by atoms with E-state index >= 15 is 0 Å². The molecule has 3 aromatic carbocycles. The van der Waals surface area contributed by atoms with Crippen LogP contribution in [-0.4, -0.2) is 0 Å². The fourth-order valence-corrected chi connectivity index (χ4v) is 3.95. The van der Waals surface area contributed by atoms with Crippen LogP contribution in [0.5, 0.6) is 0 Å². The van der Waals surface area contributed by atoms with Gasteiger partial charge in [-0.1, -0.05) is 55.5 Å². The summed E-state index contributed by atoms with van der Waals surface area (Å²) < 4.78 is 0. The van der Waals surface area contributed by atoms with E-state index in [2.05, 4.69) is 55.5 Å². The molecule has 0 heterocycles. The Balaban J connectivity index is 2.11. The van der Waals surface area contributed by atoms with Gasteiger partial charge in [-0.05, 0) is 64.3 Å². The van der Waals surface area contributed by atoms with Crippen LogP contribution in [-0.2, 0) is 6.42 Å². The zero-order valence-electron chi connectivity index (χ0n) is 12.0. The largest absolute Gasteiger partial charge is 0.0648 e. The molecule has 100 valence electrons. The molecule has 1 aliphatic rings. The number of aryl methyl sites for hydroxylation is 1. The van der Waals surface area contributed by atoms with Gasteiger partial charge in [-0.2, -0.15) is 0 Å². The first-order valence-electron chi connectivity index (χ1n) is 7.81. The van der Waals surface area contributed by atoms with Gasteiger partial charge in [0.25, 0.3) is 0 Å². The predicted octanol–water partition coefficient (Wildman–Crippen LogP) is 5.82. The van der Waals surface area contributed by atoms with Gasteiger partial charge in [0.05, 0.1) is 0 Å². The molecule has 0 bridgehead atoms. The van der Waals surface area contributed by atoms with Gasteiger partial charge in [0, 0.05) is 0 Å². The Bertz CT molecular complexity index is 782. The third-order valence-electron chi connectivity index (χ3n) is 4.96. The SMILES string of the molecule is CCC1CCCc2ccc3c(ccc4ccccc43)c21. The zero-order chi connectivity index (χ0) is 13.5. The van der Waals surface area contributed by atoms with Crippen LogP contribution in [0.25, 0.3) is 21.5 Å². The second-order valence-corrected chi connectivity index (χ2v) is 6.02. The Hall–Kier alpha value is -1.82. The molecule has 3 aromatic rings. The molecule has 0 heteroatoms. The second-order valence-electron chi connectivity index (χ2n) is 6.02. The summed E-state index contributed by atoms with van der Waals surface area (Å²) in [6.45, 7) is 2.33. The van der Waals surface area contributed by atoms with Crippen molar-refractivity contribution >= 4 is 21.5 Å². The second kappa shape index (κ2) is 4.63. The lowest BCUT2D eigenvalue weighted by atomic mass is 9.78. The summed E-state index contributed by atoms with van der Waals surface area (Å²) in [7, 11) is 0. The molecule has 0 saturated heterocycles. The van der Waals surface area contributed by atoms with Crippen LogP contribution in [0.2, 0.25) is 0 Å². The van der Waals surface area contributed by atoms with E-state index in [1.165, 1.54) is 47.2 Å². The van der Waals surface area contributed by atoms with Crippen LogP contribution in [0.3, 0.4) is 0 Å². The first-order valence-corrected chi connectivity index (χ1v) is 7.81. The highest BCUT2D eigenvalue weighted by atomic mass is 14.3. The number of fused-ring (bicyclic) bond motifs is 5. The summed E-state index contributed by atoms with van der Waals surface area (Å²) in [5.41, 5.74) is 3.23. The normalized spacial score (nSPS) is 18.4. The van der Waals surface area contributed by atoms with Gasteiger partial charge in [-0.15, -0.1) is 0 Å². The predicted molar refractivity (Wildman–Crippen MR) is 87.4 cm³/mol. The van der Waals surface area contributed by atoms with Crippen LogP contribution >= 0.6 is 0 Å². The van der Waals surface area contributed by atoms with Gasteiger partial charge in [-0.3, -0.25) is 0 Å². The molecule has 0 nitrogen and oxygen atoms in total. The Labute approximate surface area is 120 Å². The summed E-state index contributed by atoms with van der Waals surface area (Å²) in [4.78, 5) is 0. The molecule has 20 heavy (non-hydrogen) atoms. The fourth-order valence-electron chi connectivity index (χ4n) is 3.95. The number of benzene rings is 3. The Kier molecular flexibility index (Phi) is 2.77. The first-order chi connectivity index (χ1) is 9.88. The number of hydrogen-bond donors (Lipinski definition) is 0. The van der Waals surface area contributed by atoms with E-state index in [0.717, 1.165) is 5.92 Å². The van der Waals surface area contributed by atoms with Crippen LogP contribution in [0.15, 0.2) is 48.5 Å². The van der Waals surface area contributed by atoms with Crippen molar-refractivity contribution in [2.24, 2.45) is 0 Å². The third kappa shape index (κ3) is 1.67. The van der Waals surface area contributed by atoms with Crippen LogP contribution in [0.1, 0.15) is 43.2 Å².